The van der Waals surface area contributed by atoms with E-state index in [0.717, 1.165) is 47.8 Å². The van der Waals surface area contributed by atoms with Gasteiger partial charge in [-0.15, -0.1) is 24.3 Å². The Kier molecular flexibility index (Phi) is 22.2. The molecule has 2 aliphatic carbocycles. The minimum atomic E-state index is 0. The summed E-state index contributed by atoms with van der Waals surface area (Å²) in [5.74, 6) is 2.11. The van der Waals surface area contributed by atoms with Crippen LogP contribution in [0.2, 0.25) is 0 Å². The van der Waals surface area contributed by atoms with Crippen LogP contribution in [0, 0.1) is 48.7 Å². The van der Waals surface area contributed by atoms with Crippen molar-refractivity contribution in [3.63, 3.8) is 0 Å². The van der Waals surface area contributed by atoms with Crippen LogP contribution in [-0.2, 0) is 43.6 Å². The zero-order chi connectivity index (χ0) is 44.1. The average Bonchev–Trinajstić information content (AvgIpc) is 3.71. The van der Waals surface area contributed by atoms with E-state index < -0.39 is 0 Å². The number of aryl methyl sites for hydroxylation is 3. The number of amidine groups is 1. The molecule has 0 amide bonds. The molecule has 334 valence electrons. The van der Waals surface area contributed by atoms with E-state index in [1.165, 1.54) is 98.0 Å². The summed E-state index contributed by atoms with van der Waals surface area (Å²) in [7, 11) is 10.00. The van der Waals surface area contributed by atoms with Crippen molar-refractivity contribution in [1.82, 2.24) is 4.90 Å². The van der Waals surface area contributed by atoms with Crippen molar-refractivity contribution in [2.75, 3.05) is 30.0 Å². The van der Waals surface area contributed by atoms with Crippen molar-refractivity contribution in [2.45, 2.75) is 110 Å². The fourth-order valence-corrected chi connectivity index (χ4v) is 8.79. The van der Waals surface area contributed by atoms with E-state index in [-0.39, 0.29) is 25.8 Å². The number of rotatable bonds is 8. The zero-order valence-electron chi connectivity index (χ0n) is 38.7. The molecule has 7 heteroatoms. The second-order valence-electron chi connectivity index (χ2n) is 16.8. The Bertz CT molecular complexity index is 2030. The van der Waals surface area contributed by atoms with Crippen LogP contribution in [0.15, 0.2) is 137 Å². The van der Waals surface area contributed by atoms with Crippen LogP contribution >= 0.6 is 0 Å². The van der Waals surface area contributed by atoms with Gasteiger partial charge in [-0.25, -0.2) is 0 Å². The predicted octanol–water partition coefficient (Wildman–Crippen LogP) is 13.4. The predicted molar refractivity (Wildman–Crippen MR) is 266 cm³/mol. The first kappa shape index (κ1) is 50.9. The van der Waals surface area contributed by atoms with Gasteiger partial charge in [-0.1, -0.05) is 117 Å². The Morgan fingerprint density at radius 2 is 1.16 bits per heavy atom. The number of methoxy groups -OCH3 is 1. The van der Waals surface area contributed by atoms with Gasteiger partial charge in [-0.05, 0) is 69.2 Å². The van der Waals surface area contributed by atoms with Gasteiger partial charge in [-0.3, -0.25) is 12.0 Å². The Hall–Kier alpha value is -4.72. The smallest absolute Gasteiger partial charge is 0.0743 e. The number of hydrogen-bond donors (Lipinski definition) is 0. The number of para-hydroxylation sites is 1. The molecule has 5 aromatic carbocycles. The summed E-state index contributed by atoms with van der Waals surface area (Å²) in [6.45, 7) is 16.3. The molecule has 6 nitrogen and oxygen atoms in total. The molecule has 1 saturated heterocycles. The quantitative estimate of drug-likeness (QED) is 0.0672. The second-order valence-corrected chi connectivity index (χ2v) is 16.8. The molecule has 5 aromatic rings. The fourth-order valence-electron chi connectivity index (χ4n) is 8.79. The largest absolute Gasteiger partial charge is 0.511 e. The second kappa shape index (κ2) is 27.5. The van der Waals surface area contributed by atoms with Crippen LogP contribution < -0.4 is 9.80 Å². The molecule has 0 unspecified atom stereocenters. The maximum Gasteiger partial charge on any atom is 0.0743 e. The SMILES string of the molecule is [CH2-]N(C(Cc1ccccc1)=NC1CCCCC1)C1CCCCC1.[CH2-]N=C1N(c2ccccc2COC)CCN1c1c(C)cc(C)cc1C.[CH2-]c1ccccc1.[CH2-]c1ccccc1.[Hf]. The van der Waals surface area contributed by atoms with E-state index in [1.807, 2.05) is 66.7 Å². The number of anilines is 2. The molecule has 3 fully saturated rings. The van der Waals surface area contributed by atoms with Crippen molar-refractivity contribution >= 4 is 23.2 Å². The molecule has 0 N–H and O–H groups in total. The Morgan fingerprint density at radius 1 is 0.667 bits per heavy atom. The number of guanidine groups is 1. The number of hydrogen-bond acceptors (Lipinski definition) is 3. The van der Waals surface area contributed by atoms with Crippen molar-refractivity contribution in [1.29, 1.82) is 0 Å². The first-order chi connectivity index (χ1) is 30.2. The van der Waals surface area contributed by atoms with Crippen LogP contribution in [0.5, 0.6) is 0 Å². The number of ether oxygens (including phenoxy) is 1. The van der Waals surface area contributed by atoms with Crippen molar-refractivity contribution < 1.29 is 30.6 Å². The summed E-state index contributed by atoms with van der Waals surface area (Å²) < 4.78 is 5.36. The molecule has 0 spiro atoms. The van der Waals surface area contributed by atoms with Crippen molar-refractivity contribution in [2.24, 2.45) is 9.98 Å². The third-order valence-electron chi connectivity index (χ3n) is 11.8. The van der Waals surface area contributed by atoms with Crippen LogP contribution in [0.4, 0.5) is 11.4 Å². The van der Waals surface area contributed by atoms with Gasteiger partial charge in [0.25, 0.3) is 0 Å². The van der Waals surface area contributed by atoms with E-state index >= 15 is 0 Å². The zero-order valence-corrected chi connectivity index (χ0v) is 42.2. The van der Waals surface area contributed by atoms with Gasteiger partial charge in [0.05, 0.1) is 24.4 Å². The molecule has 0 aromatic heterocycles. The molecule has 3 aliphatic rings. The Balaban J connectivity index is 0.000000209. The molecular formula is C56H71HfN5O-4. The molecule has 0 radical (unpaired) electrons. The Morgan fingerprint density at radius 3 is 1.67 bits per heavy atom. The topological polar surface area (TPSA) is 43.7 Å². The van der Waals surface area contributed by atoms with E-state index in [0.29, 0.717) is 18.7 Å². The standard InChI is InChI=1S/C21H26N3O.C21H31N2.2C7H7.Hf/c1-15-12-16(2)20(17(3)13-15)24-11-10-23(21(24)22-4)19-9-7-6-8-18(19)14-25-5;1-23(20-15-9-4-10-16-20)21(17-18-11-5-2-6-12-18)22-19-13-7-3-8-14-19;2*1-7-5-3-2-4-6-7;/h6-9,12-13H,4,10-11,14H2,1-3,5H3;2,5-6,11-12,19-20H,1,3-4,7-10,13-17H2;2*2-6H,1H2;/q4*-1;. The fraction of sp³-hybridized carbons (Fsp3) is 0.357. The number of benzene rings is 5. The Labute approximate surface area is 400 Å². The minimum Gasteiger partial charge on any atom is -0.511 e. The van der Waals surface area contributed by atoms with E-state index in [4.69, 9.17) is 9.73 Å². The molecule has 0 bridgehead atoms. The summed E-state index contributed by atoms with van der Waals surface area (Å²) in [6, 6.07) is 44.4. The normalized spacial score (nSPS) is 16.1. The van der Waals surface area contributed by atoms with Gasteiger partial charge in [0.1, 0.15) is 0 Å². The molecule has 2 saturated carbocycles. The van der Waals surface area contributed by atoms with Gasteiger partial charge in [0.2, 0.25) is 0 Å². The van der Waals surface area contributed by atoms with Crippen LogP contribution in [-0.4, -0.2) is 49.0 Å². The van der Waals surface area contributed by atoms with Crippen LogP contribution in [0.1, 0.15) is 103 Å². The van der Waals surface area contributed by atoms with Gasteiger partial charge >= 0.3 is 0 Å². The van der Waals surface area contributed by atoms with Crippen molar-refractivity contribution in [3.05, 3.63) is 194 Å². The third-order valence-corrected chi connectivity index (χ3v) is 11.8. The molecule has 8 rings (SSSR count). The summed E-state index contributed by atoms with van der Waals surface area (Å²) in [6.07, 6.45) is 14.2. The summed E-state index contributed by atoms with van der Waals surface area (Å²) in [5.41, 5.74) is 10.8. The van der Waals surface area contributed by atoms with E-state index in [9.17, 15) is 0 Å². The van der Waals surface area contributed by atoms with Crippen LogP contribution in [0.3, 0.4) is 0 Å². The minimum absolute atomic E-state index is 0. The first-order valence-corrected chi connectivity index (χ1v) is 22.7. The maximum absolute atomic E-state index is 5.36. The monoisotopic (exact) mass is 1010 g/mol. The van der Waals surface area contributed by atoms with Gasteiger partial charge < -0.3 is 24.4 Å². The molecular weight excluding hydrogens is 937 g/mol. The van der Waals surface area contributed by atoms with E-state index in [1.54, 1.807) is 7.11 Å². The van der Waals surface area contributed by atoms with Gasteiger partial charge in [0, 0.05) is 75.4 Å². The number of nitrogens with zero attached hydrogens (tertiary/aromatic N) is 5. The first-order valence-electron chi connectivity index (χ1n) is 22.7. The number of aliphatic imine (C=N–C) groups is 2. The molecule has 1 heterocycles. The van der Waals surface area contributed by atoms with Crippen molar-refractivity contribution in [3.8, 4) is 0 Å². The van der Waals surface area contributed by atoms with Gasteiger partial charge in [-0.2, -0.15) is 56.3 Å². The molecule has 1 aliphatic heterocycles. The summed E-state index contributed by atoms with van der Waals surface area (Å²) >= 11 is 0. The third kappa shape index (κ3) is 16.1. The molecule has 0 atom stereocenters. The average molecular weight is 1010 g/mol. The summed E-state index contributed by atoms with van der Waals surface area (Å²) in [5, 5.41) is 0. The maximum atomic E-state index is 5.36. The van der Waals surface area contributed by atoms with Gasteiger partial charge in [0.15, 0.2) is 0 Å². The molecule has 63 heavy (non-hydrogen) atoms. The summed E-state index contributed by atoms with van der Waals surface area (Å²) in [4.78, 5) is 16.4. The van der Waals surface area contributed by atoms with E-state index in [2.05, 4.69) is 129 Å². The van der Waals surface area contributed by atoms with Crippen LogP contribution in [0.25, 0.3) is 0 Å².